The van der Waals surface area contributed by atoms with E-state index in [9.17, 15) is 10.1 Å². The number of benzene rings is 1. The molecule has 2 aromatic rings. The highest BCUT2D eigenvalue weighted by Gasteiger charge is 2.15. The molecule has 0 N–H and O–H groups in total. The third-order valence-electron chi connectivity index (χ3n) is 1.96. The van der Waals surface area contributed by atoms with Gasteiger partial charge in [0.25, 0.3) is 5.69 Å². The van der Waals surface area contributed by atoms with Gasteiger partial charge in [-0.3, -0.25) is 10.1 Å². The van der Waals surface area contributed by atoms with Crippen molar-refractivity contribution in [2.45, 2.75) is 0 Å². The molecule has 0 saturated heterocycles. The summed E-state index contributed by atoms with van der Waals surface area (Å²) in [6.45, 7) is 0. The molecule has 0 spiro atoms. The Morgan fingerprint density at radius 1 is 1.47 bits per heavy atom. The molecule has 4 nitrogen and oxygen atoms in total. The van der Waals surface area contributed by atoms with Crippen LogP contribution in [0.5, 0.6) is 0 Å². The Balaban J connectivity index is 2.89. The molecule has 0 fully saturated rings. The lowest BCUT2D eigenvalue weighted by Crippen LogP contribution is -1.91. The van der Waals surface area contributed by atoms with Crippen LogP contribution < -0.4 is 0 Å². The summed E-state index contributed by atoms with van der Waals surface area (Å²) in [7, 11) is 0. The molecule has 1 aromatic heterocycles. The Kier molecular flexibility index (Phi) is 2.58. The molecule has 0 aliphatic heterocycles. The van der Waals surface area contributed by atoms with Gasteiger partial charge in [-0.2, -0.15) is 0 Å². The molecular formula is C9H4BrClN2O2. The zero-order chi connectivity index (χ0) is 11.0. The van der Waals surface area contributed by atoms with Crippen LogP contribution in [0.25, 0.3) is 10.9 Å². The van der Waals surface area contributed by atoms with Crippen LogP contribution in [0.2, 0.25) is 5.02 Å². The largest absolute Gasteiger partial charge is 0.295 e. The summed E-state index contributed by atoms with van der Waals surface area (Å²) in [4.78, 5) is 14.2. The Morgan fingerprint density at radius 3 is 2.87 bits per heavy atom. The fraction of sp³-hybridized carbons (Fsp3) is 0. The number of hydrogen-bond donors (Lipinski definition) is 0. The van der Waals surface area contributed by atoms with Gasteiger partial charge in [-0.25, -0.2) is 4.98 Å². The van der Waals surface area contributed by atoms with E-state index < -0.39 is 4.92 Å². The van der Waals surface area contributed by atoms with Crippen LogP contribution in [0, 0.1) is 10.1 Å². The average molecular weight is 288 g/mol. The second kappa shape index (κ2) is 3.75. The summed E-state index contributed by atoms with van der Waals surface area (Å²) in [6, 6.07) is 4.68. The van der Waals surface area contributed by atoms with Crippen LogP contribution in [-0.2, 0) is 0 Å². The minimum absolute atomic E-state index is 0.0399. The summed E-state index contributed by atoms with van der Waals surface area (Å²) in [6.07, 6.45) is 1.46. The minimum atomic E-state index is -0.473. The highest BCUT2D eigenvalue weighted by molar-refractivity contribution is 9.10. The predicted octanol–water partition coefficient (Wildman–Crippen LogP) is 3.56. The molecule has 2 rings (SSSR count). The Bertz CT molecular complexity index is 559. The van der Waals surface area contributed by atoms with Crippen molar-refractivity contribution in [2.75, 3.05) is 0 Å². The molecule has 0 aliphatic rings. The number of non-ortho nitro benzene ring substituents is 1. The molecule has 15 heavy (non-hydrogen) atoms. The van der Waals surface area contributed by atoms with Gasteiger partial charge in [-0.1, -0.05) is 23.7 Å². The zero-order valence-corrected chi connectivity index (χ0v) is 9.62. The Morgan fingerprint density at radius 2 is 2.20 bits per heavy atom. The molecule has 0 unspecified atom stereocenters. The molecule has 76 valence electrons. The van der Waals surface area contributed by atoms with Gasteiger partial charge in [0.15, 0.2) is 0 Å². The second-order valence-electron chi connectivity index (χ2n) is 2.85. The summed E-state index contributed by atoms with van der Waals surface area (Å²) in [5.41, 5.74) is 0.262. The Labute approximate surface area is 98.2 Å². The molecule has 6 heteroatoms. The van der Waals surface area contributed by atoms with E-state index in [0.717, 1.165) is 0 Å². The first-order valence-corrected chi connectivity index (χ1v) is 5.15. The summed E-state index contributed by atoms with van der Waals surface area (Å²) in [5, 5.41) is 11.7. The maximum absolute atomic E-state index is 10.7. The second-order valence-corrected chi connectivity index (χ2v) is 4.08. The lowest BCUT2D eigenvalue weighted by molar-refractivity contribution is -0.383. The van der Waals surface area contributed by atoms with Crippen molar-refractivity contribution in [3.05, 3.63) is 44.0 Å². The van der Waals surface area contributed by atoms with Gasteiger partial charge in [-0.05, 0) is 15.9 Å². The molecule has 0 amide bonds. The molecule has 0 aliphatic carbocycles. The number of para-hydroxylation sites is 1. The van der Waals surface area contributed by atoms with Gasteiger partial charge in [0.2, 0.25) is 0 Å². The number of nitrogens with zero attached hydrogens (tertiary/aromatic N) is 2. The number of halogens is 2. The first kappa shape index (κ1) is 10.3. The van der Waals surface area contributed by atoms with Crippen molar-refractivity contribution in [3.8, 4) is 0 Å². The lowest BCUT2D eigenvalue weighted by Gasteiger charge is -2.01. The smallest absolute Gasteiger partial charge is 0.258 e. The third kappa shape index (κ3) is 1.68. The monoisotopic (exact) mass is 286 g/mol. The van der Waals surface area contributed by atoms with Crippen LogP contribution in [-0.4, -0.2) is 9.91 Å². The molecule has 1 aromatic carbocycles. The van der Waals surface area contributed by atoms with E-state index in [0.29, 0.717) is 20.4 Å². The molecule has 0 bridgehead atoms. The van der Waals surface area contributed by atoms with E-state index in [-0.39, 0.29) is 5.69 Å². The number of aromatic nitrogens is 1. The number of hydrogen-bond acceptors (Lipinski definition) is 3. The SMILES string of the molecule is O=[N+]([O-])c1cccc2c(Cl)c(Br)cnc12. The van der Waals surface area contributed by atoms with Gasteiger partial charge in [0.05, 0.1) is 14.4 Å². The number of pyridine rings is 1. The topological polar surface area (TPSA) is 56.0 Å². The van der Waals surface area contributed by atoms with Crippen LogP contribution in [0.4, 0.5) is 5.69 Å². The first-order chi connectivity index (χ1) is 7.11. The van der Waals surface area contributed by atoms with Crippen molar-refractivity contribution in [2.24, 2.45) is 0 Å². The standard InChI is InChI=1S/C9H4BrClN2O2/c10-6-4-12-9-5(8(6)11)2-1-3-7(9)13(14)15/h1-4H. The molecule has 0 saturated carbocycles. The number of nitro benzene ring substituents is 1. The Hall–Kier alpha value is -1.20. The van der Waals surface area contributed by atoms with Crippen LogP contribution in [0.3, 0.4) is 0 Å². The highest BCUT2D eigenvalue weighted by Crippen LogP contribution is 2.33. The fourth-order valence-corrected chi connectivity index (χ4v) is 1.82. The average Bonchev–Trinajstić information content (AvgIpc) is 2.23. The van der Waals surface area contributed by atoms with Gasteiger partial charge >= 0.3 is 0 Å². The van der Waals surface area contributed by atoms with Crippen molar-refractivity contribution >= 4 is 44.1 Å². The fourth-order valence-electron chi connectivity index (χ4n) is 1.30. The highest BCUT2D eigenvalue weighted by atomic mass is 79.9. The van der Waals surface area contributed by atoms with Crippen LogP contribution in [0.1, 0.15) is 0 Å². The summed E-state index contributed by atoms with van der Waals surface area (Å²) < 4.78 is 0.622. The third-order valence-corrected chi connectivity index (χ3v) is 3.20. The van der Waals surface area contributed by atoms with E-state index in [1.165, 1.54) is 12.3 Å². The number of nitro groups is 1. The van der Waals surface area contributed by atoms with E-state index >= 15 is 0 Å². The van der Waals surface area contributed by atoms with Crippen molar-refractivity contribution in [1.29, 1.82) is 0 Å². The van der Waals surface area contributed by atoms with E-state index in [1.54, 1.807) is 12.1 Å². The maximum atomic E-state index is 10.7. The summed E-state index contributed by atoms with van der Waals surface area (Å²) >= 11 is 9.21. The van der Waals surface area contributed by atoms with Crippen molar-refractivity contribution in [3.63, 3.8) is 0 Å². The van der Waals surface area contributed by atoms with Crippen LogP contribution in [0.15, 0.2) is 28.9 Å². The molecule has 0 atom stereocenters. The lowest BCUT2D eigenvalue weighted by atomic mass is 10.2. The van der Waals surface area contributed by atoms with Crippen molar-refractivity contribution in [1.82, 2.24) is 4.98 Å². The van der Waals surface area contributed by atoms with E-state index in [2.05, 4.69) is 20.9 Å². The quantitative estimate of drug-likeness (QED) is 0.595. The number of rotatable bonds is 1. The minimum Gasteiger partial charge on any atom is -0.258 e. The molecule has 1 heterocycles. The van der Waals surface area contributed by atoms with E-state index in [1.807, 2.05) is 0 Å². The normalized spacial score (nSPS) is 10.5. The van der Waals surface area contributed by atoms with Gasteiger partial charge in [-0.15, -0.1) is 0 Å². The van der Waals surface area contributed by atoms with Gasteiger partial charge in [0.1, 0.15) is 5.52 Å². The summed E-state index contributed by atoms with van der Waals surface area (Å²) in [5.74, 6) is 0. The molecule has 0 radical (unpaired) electrons. The predicted molar refractivity (Wildman–Crippen MR) is 61.1 cm³/mol. The number of fused-ring (bicyclic) bond motifs is 1. The molecular weight excluding hydrogens is 283 g/mol. The van der Waals surface area contributed by atoms with E-state index in [4.69, 9.17) is 11.6 Å². The first-order valence-electron chi connectivity index (χ1n) is 3.98. The van der Waals surface area contributed by atoms with Crippen molar-refractivity contribution < 1.29 is 4.92 Å². The van der Waals surface area contributed by atoms with Gasteiger partial charge in [0, 0.05) is 17.6 Å². The zero-order valence-electron chi connectivity index (χ0n) is 7.28. The van der Waals surface area contributed by atoms with Gasteiger partial charge < -0.3 is 0 Å². The van der Waals surface area contributed by atoms with Crippen LogP contribution >= 0.6 is 27.5 Å². The maximum Gasteiger partial charge on any atom is 0.295 e.